The van der Waals surface area contributed by atoms with Gasteiger partial charge in [0.2, 0.25) is 5.95 Å². The minimum Gasteiger partial charge on any atom is -0.328 e. The van der Waals surface area contributed by atoms with Crippen LogP contribution in [0.1, 0.15) is 29.7 Å². The smallest absolute Gasteiger partial charge is 0.255 e. The molecule has 2 heterocycles. The first-order valence-corrected chi connectivity index (χ1v) is 8.95. The summed E-state index contributed by atoms with van der Waals surface area (Å²) in [5.74, 6) is -0.0287. The molecular formula is C21H20FN5O. The first-order chi connectivity index (χ1) is 13.4. The molecule has 0 saturated carbocycles. The first-order valence-electron chi connectivity index (χ1n) is 8.95. The third-order valence-electron chi connectivity index (χ3n) is 4.87. The molecule has 142 valence electrons. The number of halogens is 1. The predicted octanol–water partition coefficient (Wildman–Crippen LogP) is 3.96. The molecule has 1 atom stereocenters. The Balaban J connectivity index is 1.76. The highest BCUT2D eigenvalue weighted by Gasteiger charge is 2.33. The lowest BCUT2D eigenvalue weighted by Crippen LogP contribution is -2.31. The third kappa shape index (κ3) is 3.15. The van der Waals surface area contributed by atoms with Gasteiger partial charge in [0.05, 0.1) is 5.57 Å². The number of hydrogen-bond donors (Lipinski definition) is 2. The van der Waals surface area contributed by atoms with E-state index in [0.717, 1.165) is 11.1 Å². The van der Waals surface area contributed by atoms with Crippen LogP contribution in [0.4, 0.5) is 16.0 Å². The predicted molar refractivity (Wildman–Crippen MR) is 105 cm³/mol. The van der Waals surface area contributed by atoms with Gasteiger partial charge in [0.15, 0.2) is 0 Å². The van der Waals surface area contributed by atoms with Crippen LogP contribution in [0, 0.1) is 19.7 Å². The van der Waals surface area contributed by atoms with Gasteiger partial charge in [-0.2, -0.15) is 10.1 Å². The Morgan fingerprint density at radius 1 is 1.14 bits per heavy atom. The van der Waals surface area contributed by atoms with Crippen molar-refractivity contribution in [1.29, 1.82) is 0 Å². The van der Waals surface area contributed by atoms with Crippen molar-refractivity contribution in [3.05, 3.63) is 82.6 Å². The lowest BCUT2D eigenvalue weighted by molar-refractivity contribution is -0.113. The molecule has 0 radical (unpaired) electrons. The largest absolute Gasteiger partial charge is 0.328 e. The number of amides is 1. The second kappa shape index (κ2) is 6.92. The van der Waals surface area contributed by atoms with Crippen molar-refractivity contribution in [2.45, 2.75) is 26.8 Å². The number of aromatic nitrogens is 3. The normalized spacial score (nSPS) is 15.8. The summed E-state index contributed by atoms with van der Waals surface area (Å²) < 4.78 is 15.1. The monoisotopic (exact) mass is 377 g/mol. The van der Waals surface area contributed by atoms with E-state index in [9.17, 15) is 9.18 Å². The van der Waals surface area contributed by atoms with Gasteiger partial charge in [-0.05, 0) is 50.1 Å². The van der Waals surface area contributed by atoms with Crippen molar-refractivity contribution in [2.24, 2.45) is 0 Å². The lowest BCUT2D eigenvalue weighted by Gasteiger charge is -2.29. The quantitative estimate of drug-likeness (QED) is 0.725. The van der Waals surface area contributed by atoms with Crippen LogP contribution >= 0.6 is 0 Å². The van der Waals surface area contributed by atoms with Crippen molar-refractivity contribution in [1.82, 2.24) is 14.8 Å². The summed E-state index contributed by atoms with van der Waals surface area (Å²) in [4.78, 5) is 17.5. The number of carbonyl (C=O) groups is 1. The summed E-state index contributed by atoms with van der Waals surface area (Å²) in [5, 5.41) is 10.4. The fourth-order valence-corrected chi connectivity index (χ4v) is 3.40. The van der Waals surface area contributed by atoms with Crippen molar-refractivity contribution in [2.75, 3.05) is 10.6 Å². The molecule has 0 unspecified atom stereocenters. The molecule has 1 aromatic heterocycles. The molecule has 0 spiro atoms. The van der Waals surface area contributed by atoms with Gasteiger partial charge in [-0.25, -0.2) is 9.07 Å². The summed E-state index contributed by atoms with van der Waals surface area (Å²) in [6.45, 7) is 5.61. The van der Waals surface area contributed by atoms with E-state index in [0.29, 0.717) is 28.5 Å². The minimum absolute atomic E-state index is 0.272. The number of allylic oxidation sites excluding steroid dienone is 1. The molecule has 4 rings (SSSR count). The van der Waals surface area contributed by atoms with Crippen LogP contribution in [-0.4, -0.2) is 20.7 Å². The molecule has 28 heavy (non-hydrogen) atoms. The van der Waals surface area contributed by atoms with Crippen LogP contribution in [0.5, 0.6) is 0 Å². The zero-order valence-electron chi connectivity index (χ0n) is 15.8. The molecule has 6 nitrogen and oxygen atoms in total. The van der Waals surface area contributed by atoms with Crippen LogP contribution in [0.2, 0.25) is 0 Å². The van der Waals surface area contributed by atoms with Gasteiger partial charge in [-0.15, -0.1) is 0 Å². The number of benzene rings is 2. The standard InChI is InChI=1S/C21H20FN5O/c1-12-4-6-15(7-5-12)19-18(14(3)25-21-23-11-24-27(19)21)20(28)26-17-9-8-16(22)10-13(17)2/h4-11,19H,1-3H3,(H,26,28)(H,23,24,25)/t19-/m0/s1. The summed E-state index contributed by atoms with van der Waals surface area (Å²) in [6.07, 6.45) is 1.46. The Kier molecular flexibility index (Phi) is 4.43. The summed E-state index contributed by atoms with van der Waals surface area (Å²) in [6, 6.07) is 11.8. The van der Waals surface area contributed by atoms with Gasteiger partial charge in [0, 0.05) is 11.4 Å². The highest BCUT2D eigenvalue weighted by Crippen LogP contribution is 2.35. The molecule has 0 fully saturated rings. The van der Waals surface area contributed by atoms with Gasteiger partial charge in [-0.1, -0.05) is 29.8 Å². The maximum absolute atomic E-state index is 13.4. The van der Waals surface area contributed by atoms with Crippen LogP contribution in [-0.2, 0) is 4.79 Å². The van der Waals surface area contributed by atoms with E-state index in [2.05, 4.69) is 20.7 Å². The van der Waals surface area contributed by atoms with Crippen molar-refractivity contribution in [3.63, 3.8) is 0 Å². The Morgan fingerprint density at radius 2 is 1.89 bits per heavy atom. The van der Waals surface area contributed by atoms with Crippen molar-refractivity contribution in [3.8, 4) is 0 Å². The van der Waals surface area contributed by atoms with Crippen LogP contribution < -0.4 is 10.6 Å². The van der Waals surface area contributed by atoms with Gasteiger partial charge in [0.1, 0.15) is 18.2 Å². The Hall–Kier alpha value is -3.48. The fourth-order valence-electron chi connectivity index (χ4n) is 3.40. The van der Waals surface area contributed by atoms with E-state index < -0.39 is 6.04 Å². The molecule has 0 saturated heterocycles. The average Bonchev–Trinajstić information content (AvgIpc) is 3.11. The summed E-state index contributed by atoms with van der Waals surface area (Å²) >= 11 is 0. The summed E-state index contributed by atoms with van der Waals surface area (Å²) in [5.41, 5.74) is 4.51. The number of fused-ring (bicyclic) bond motifs is 1. The number of anilines is 2. The van der Waals surface area contributed by atoms with Gasteiger partial charge in [-0.3, -0.25) is 4.79 Å². The van der Waals surface area contributed by atoms with Gasteiger partial charge >= 0.3 is 0 Å². The lowest BCUT2D eigenvalue weighted by atomic mass is 9.94. The summed E-state index contributed by atoms with van der Waals surface area (Å²) in [7, 11) is 0. The van der Waals surface area contributed by atoms with Crippen molar-refractivity contribution < 1.29 is 9.18 Å². The van der Waals surface area contributed by atoms with Crippen LogP contribution in [0.25, 0.3) is 0 Å². The number of rotatable bonds is 3. The van der Waals surface area contributed by atoms with Crippen molar-refractivity contribution >= 4 is 17.5 Å². The Bertz CT molecular complexity index is 1080. The van der Waals surface area contributed by atoms with E-state index in [1.165, 1.54) is 18.5 Å². The number of nitrogens with zero attached hydrogens (tertiary/aromatic N) is 3. The van der Waals surface area contributed by atoms with E-state index in [1.807, 2.05) is 38.1 Å². The maximum Gasteiger partial charge on any atom is 0.255 e. The highest BCUT2D eigenvalue weighted by atomic mass is 19.1. The molecule has 7 heteroatoms. The average molecular weight is 377 g/mol. The fraction of sp³-hybridized carbons (Fsp3) is 0.190. The van der Waals surface area contributed by atoms with E-state index in [1.54, 1.807) is 17.7 Å². The Morgan fingerprint density at radius 3 is 2.61 bits per heavy atom. The molecule has 1 aliphatic rings. The number of aryl methyl sites for hydroxylation is 2. The third-order valence-corrected chi connectivity index (χ3v) is 4.87. The number of nitrogens with one attached hydrogen (secondary N) is 2. The van der Waals surface area contributed by atoms with Crippen LogP contribution in [0.15, 0.2) is 60.1 Å². The molecule has 0 bridgehead atoms. The Labute approximate surface area is 162 Å². The SMILES string of the molecule is CC1=C(C(=O)Nc2ccc(F)cc2C)[C@H](c2ccc(C)cc2)n2ncnc2N1. The molecule has 3 aromatic rings. The molecule has 0 aliphatic carbocycles. The van der Waals surface area contributed by atoms with E-state index >= 15 is 0 Å². The molecular weight excluding hydrogens is 357 g/mol. The van der Waals surface area contributed by atoms with Gasteiger partial charge < -0.3 is 10.6 Å². The zero-order chi connectivity index (χ0) is 19.8. The molecule has 1 amide bonds. The first kappa shape index (κ1) is 17.9. The topological polar surface area (TPSA) is 71.8 Å². The minimum atomic E-state index is -0.417. The van der Waals surface area contributed by atoms with Crippen LogP contribution in [0.3, 0.4) is 0 Å². The molecule has 1 aliphatic heterocycles. The molecule has 2 N–H and O–H groups in total. The van der Waals surface area contributed by atoms with Gasteiger partial charge in [0.25, 0.3) is 5.91 Å². The second-order valence-electron chi connectivity index (χ2n) is 6.92. The maximum atomic E-state index is 13.4. The highest BCUT2D eigenvalue weighted by molar-refractivity contribution is 6.06. The second-order valence-corrected chi connectivity index (χ2v) is 6.92. The number of hydrogen-bond acceptors (Lipinski definition) is 4. The van der Waals surface area contributed by atoms with E-state index in [4.69, 9.17) is 0 Å². The molecule has 2 aromatic carbocycles. The number of carbonyl (C=O) groups excluding carboxylic acids is 1. The van der Waals surface area contributed by atoms with E-state index in [-0.39, 0.29) is 11.7 Å². The zero-order valence-corrected chi connectivity index (χ0v) is 15.8.